The van der Waals surface area contributed by atoms with E-state index in [9.17, 15) is 14.4 Å². The Hall–Kier alpha value is -2.03. The Labute approximate surface area is 136 Å². The molecule has 1 aliphatic heterocycles. The highest BCUT2D eigenvalue weighted by Gasteiger charge is 2.66. The van der Waals surface area contributed by atoms with Gasteiger partial charge in [-0.15, -0.1) is 10.2 Å². The van der Waals surface area contributed by atoms with Gasteiger partial charge in [0.05, 0.1) is 6.61 Å². The zero-order valence-corrected chi connectivity index (χ0v) is 13.3. The van der Waals surface area contributed by atoms with Crippen molar-refractivity contribution in [1.29, 1.82) is 0 Å². The van der Waals surface area contributed by atoms with Crippen molar-refractivity contribution in [3.8, 4) is 0 Å². The fraction of sp³-hybridized carbons (Fsp3) is 0.643. The molecule has 2 heterocycles. The van der Waals surface area contributed by atoms with Crippen LogP contribution in [0.3, 0.4) is 0 Å². The standard InChI is InChI=1S/C14H16N4O4S/c1-2-22-11(20)10-17-18-13(23-10)15-12(21)14-5-6-3-7(8(14)4-6)9(19)16-14/h6-8H,2-5H2,1H3,(H,16,19)(H,15,18,21). The van der Waals surface area contributed by atoms with Crippen molar-refractivity contribution in [3.05, 3.63) is 5.01 Å². The number of nitrogens with one attached hydrogen (secondary N) is 2. The summed E-state index contributed by atoms with van der Waals surface area (Å²) in [5.41, 5.74) is -0.819. The van der Waals surface area contributed by atoms with Crippen molar-refractivity contribution in [3.63, 3.8) is 0 Å². The molecule has 0 radical (unpaired) electrons. The molecule has 9 heteroatoms. The van der Waals surface area contributed by atoms with Crippen LogP contribution in [0, 0.1) is 17.8 Å². The second kappa shape index (κ2) is 4.98. The molecular weight excluding hydrogens is 320 g/mol. The van der Waals surface area contributed by atoms with Gasteiger partial charge in [-0.2, -0.15) is 0 Å². The van der Waals surface area contributed by atoms with Crippen molar-refractivity contribution in [1.82, 2.24) is 15.5 Å². The Bertz CT molecular complexity index is 705. The molecular formula is C14H16N4O4S. The number of esters is 1. The van der Waals surface area contributed by atoms with Crippen LogP contribution < -0.4 is 10.6 Å². The minimum absolute atomic E-state index is 0.0189. The fourth-order valence-electron chi connectivity index (χ4n) is 4.28. The topological polar surface area (TPSA) is 110 Å². The molecule has 2 aliphatic carbocycles. The van der Waals surface area contributed by atoms with E-state index in [1.165, 1.54) is 0 Å². The van der Waals surface area contributed by atoms with Gasteiger partial charge in [0.25, 0.3) is 5.91 Å². The molecule has 0 aromatic carbocycles. The summed E-state index contributed by atoms with van der Waals surface area (Å²) in [4.78, 5) is 36.4. The third-order valence-electron chi connectivity index (χ3n) is 5.09. The van der Waals surface area contributed by atoms with Crippen LogP contribution in [0.15, 0.2) is 0 Å². The highest BCUT2D eigenvalue weighted by molar-refractivity contribution is 7.17. The van der Waals surface area contributed by atoms with E-state index in [4.69, 9.17) is 4.74 Å². The van der Waals surface area contributed by atoms with Crippen molar-refractivity contribution >= 4 is 34.3 Å². The van der Waals surface area contributed by atoms with Gasteiger partial charge in [0.1, 0.15) is 5.54 Å². The lowest BCUT2D eigenvalue weighted by Crippen LogP contribution is -2.53. The molecule has 2 amide bonds. The first-order valence-corrected chi connectivity index (χ1v) is 8.49. The number of nitrogens with zero attached hydrogens (tertiary/aromatic N) is 2. The van der Waals surface area contributed by atoms with E-state index in [2.05, 4.69) is 20.8 Å². The van der Waals surface area contributed by atoms with Gasteiger partial charge in [0, 0.05) is 11.8 Å². The Kier molecular flexibility index (Phi) is 3.15. The number of carbonyl (C=O) groups is 3. The maximum Gasteiger partial charge on any atom is 0.369 e. The number of amides is 2. The van der Waals surface area contributed by atoms with Gasteiger partial charge in [-0.3, -0.25) is 14.9 Å². The van der Waals surface area contributed by atoms with Crippen LogP contribution in [0.5, 0.6) is 0 Å². The molecule has 1 aromatic rings. The van der Waals surface area contributed by atoms with Crippen molar-refractivity contribution in [2.45, 2.75) is 31.7 Å². The summed E-state index contributed by atoms with van der Waals surface area (Å²) in [7, 11) is 0. The van der Waals surface area contributed by atoms with Crippen molar-refractivity contribution < 1.29 is 19.1 Å². The van der Waals surface area contributed by atoms with Gasteiger partial charge in [0.15, 0.2) is 0 Å². The lowest BCUT2D eigenvalue weighted by Gasteiger charge is -2.30. The van der Waals surface area contributed by atoms with Crippen molar-refractivity contribution in [2.75, 3.05) is 11.9 Å². The first-order valence-electron chi connectivity index (χ1n) is 7.67. The SMILES string of the molecule is CCOC(=O)c1nnc(NC(=O)C23CC4CC(C(=O)N2)C3C4)s1. The zero-order chi connectivity index (χ0) is 16.2. The van der Waals surface area contributed by atoms with E-state index in [0.29, 0.717) is 12.3 Å². The van der Waals surface area contributed by atoms with Crippen LogP contribution in [-0.4, -0.2) is 40.1 Å². The van der Waals surface area contributed by atoms with Crippen LogP contribution in [0.1, 0.15) is 36.0 Å². The number of fused-ring (bicyclic) bond motifs is 1. The summed E-state index contributed by atoms with van der Waals surface area (Å²) in [6, 6.07) is 0. The number of hydrogen-bond acceptors (Lipinski definition) is 7. The monoisotopic (exact) mass is 336 g/mol. The number of hydrogen-bond donors (Lipinski definition) is 2. The molecule has 8 nitrogen and oxygen atoms in total. The maximum absolute atomic E-state index is 12.7. The summed E-state index contributed by atoms with van der Waals surface area (Å²) in [5.74, 6) is -0.375. The van der Waals surface area contributed by atoms with Gasteiger partial charge < -0.3 is 10.1 Å². The third kappa shape index (κ3) is 2.06. The molecule has 3 fully saturated rings. The number of aromatic nitrogens is 2. The Morgan fingerprint density at radius 3 is 3.00 bits per heavy atom. The first kappa shape index (κ1) is 14.6. The average molecular weight is 336 g/mol. The number of anilines is 1. The summed E-state index contributed by atoms with van der Waals surface area (Å²) in [6.07, 6.45) is 2.48. The predicted molar refractivity (Wildman–Crippen MR) is 79.7 cm³/mol. The lowest BCUT2D eigenvalue weighted by atomic mass is 9.78. The number of rotatable bonds is 4. The Morgan fingerprint density at radius 1 is 1.43 bits per heavy atom. The molecule has 122 valence electrons. The zero-order valence-electron chi connectivity index (χ0n) is 12.5. The number of carbonyl (C=O) groups excluding carboxylic acids is 3. The molecule has 2 N–H and O–H groups in total. The van der Waals surface area contributed by atoms with Crippen LogP contribution in [-0.2, 0) is 14.3 Å². The number of ether oxygens (including phenoxy) is 1. The molecule has 4 atom stereocenters. The Morgan fingerprint density at radius 2 is 2.26 bits per heavy atom. The van der Waals surface area contributed by atoms with E-state index in [1.54, 1.807) is 6.92 Å². The summed E-state index contributed by atoms with van der Waals surface area (Å²) >= 11 is 0.970. The van der Waals surface area contributed by atoms with E-state index in [1.807, 2.05) is 0 Å². The molecule has 1 aromatic heterocycles. The minimum Gasteiger partial charge on any atom is -0.461 e. The molecule has 4 unspecified atom stereocenters. The fourth-order valence-corrected chi connectivity index (χ4v) is 4.92. The van der Waals surface area contributed by atoms with Crippen LogP contribution in [0.4, 0.5) is 5.13 Å². The van der Waals surface area contributed by atoms with E-state index < -0.39 is 11.5 Å². The van der Waals surface area contributed by atoms with E-state index in [-0.39, 0.29) is 40.4 Å². The van der Waals surface area contributed by atoms with Crippen LogP contribution in [0.2, 0.25) is 0 Å². The second-order valence-corrected chi connectivity index (χ2v) is 7.28. The van der Waals surface area contributed by atoms with Gasteiger partial charge in [-0.25, -0.2) is 4.79 Å². The van der Waals surface area contributed by atoms with Gasteiger partial charge in [0.2, 0.25) is 16.0 Å². The van der Waals surface area contributed by atoms with Gasteiger partial charge in [-0.05, 0) is 32.1 Å². The van der Waals surface area contributed by atoms with Gasteiger partial charge in [-0.1, -0.05) is 11.3 Å². The predicted octanol–water partition coefficient (Wildman–Crippen LogP) is 0.568. The molecule has 3 aliphatic rings. The quantitative estimate of drug-likeness (QED) is 0.778. The normalized spacial score (nSPS) is 33.6. The highest BCUT2D eigenvalue weighted by atomic mass is 32.1. The average Bonchev–Trinajstić information content (AvgIpc) is 3.22. The minimum atomic E-state index is -0.819. The summed E-state index contributed by atoms with van der Waals surface area (Å²) in [5, 5.41) is 13.5. The Balaban J connectivity index is 1.51. The van der Waals surface area contributed by atoms with Crippen molar-refractivity contribution in [2.24, 2.45) is 17.8 Å². The summed E-state index contributed by atoms with van der Waals surface area (Å²) in [6.45, 7) is 1.95. The highest BCUT2D eigenvalue weighted by Crippen LogP contribution is 2.57. The molecule has 0 spiro atoms. The summed E-state index contributed by atoms with van der Waals surface area (Å²) < 4.78 is 4.85. The van der Waals surface area contributed by atoms with Gasteiger partial charge >= 0.3 is 5.97 Å². The molecule has 2 bridgehead atoms. The van der Waals surface area contributed by atoms with E-state index >= 15 is 0 Å². The molecule has 2 saturated carbocycles. The van der Waals surface area contributed by atoms with Crippen LogP contribution >= 0.6 is 11.3 Å². The van der Waals surface area contributed by atoms with Crippen LogP contribution in [0.25, 0.3) is 0 Å². The maximum atomic E-state index is 12.7. The molecule has 23 heavy (non-hydrogen) atoms. The molecule has 1 saturated heterocycles. The first-order chi connectivity index (χ1) is 11.0. The third-order valence-corrected chi connectivity index (χ3v) is 5.91. The second-order valence-electron chi connectivity index (χ2n) is 6.30. The smallest absolute Gasteiger partial charge is 0.369 e. The largest absolute Gasteiger partial charge is 0.461 e. The van der Waals surface area contributed by atoms with E-state index in [0.717, 1.165) is 24.2 Å². The lowest BCUT2D eigenvalue weighted by molar-refractivity contribution is -0.126. The molecule has 4 rings (SSSR count).